The van der Waals surface area contributed by atoms with Crippen LogP contribution in [0.25, 0.3) is 11.3 Å². The number of carbonyl (C=O) groups is 1. The Morgan fingerprint density at radius 2 is 1.66 bits per heavy atom. The van der Waals surface area contributed by atoms with Crippen LogP contribution in [-0.4, -0.2) is 28.3 Å². The zero-order valence-electron chi connectivity index (χ0n) is 20.4. The Labute approximate surface area is 190 Å². The molecule has 0 aliphatic carbocycles. The van der Waals surface area contributed by atoms with Crippen LogP contribution in [0.3, 0.4) is 0 Å². The van der Waals surface area contributed by atoms with Crippen molar-refractivity contribution in [1.82, 2.24) is 9.78 Å². The van der Waals surface area contributed by atoms with Gasteiger partial charge in [0.2, 0.25) is 6.29 Å². The van der Waals surface area contributed by atoms with E-state index >= 15 is 0 Å². The van der Waals surface area contributed by atoms with Gasteiger partial charge >= 0.3 is 6.16 Å². The maximum absolute atomic E-state index is 11.9. The number of allylic oxidation sites excluding steroid dienone is 1. The Morgan fingerprint density at radius 3 is 2.09 bits per heavy atom. The van der Waals surface area contributed by atoms with Gasteiger partial charge in [0, 0.05) is 19.5 Å². The minimum absolute atomic E-state index is 0.0107. The lowest BCUT2D eigenvalue weighted by Gasteiger charge is -2.21. The van der Waals surface area contributed by atoms with E-state index in [2.05, 4.69) is 31.9 Å². The fourth-order valence-corrected chi connectivity index (χ4v) is 3.24. The van der Waals surface area contributed by atoms with E-state index in [0.717, 1.165) is 16.8 Å². The molecule has 0 N–H and O–H groups in total. The molecule has 1 aromatic heterocycles. The van der Waals surface area contributed by atoms with Crippen molar-refractivity contribution in [2.75, 3.05) is 0 Å². The molecule has 0 saturated carbocycles. The van der Waals surface area contributed by atoms with Crippen LogP contribution in [0.5, 0.6) is 0 Å². The number of aryl methyl sites for hydroxylation is 2. The molecule has 2 aromatic rings. The topological polar surface area (TPSA) is 86.4 Å². The van der Waals surface area contributed by atoms with Gasteiger partial charge in [-0.2, -0.15) is 10.4 Å². The Kier molecular flexibility index (Phi) is 7.73. The van der Waals surface area contributed by atoms with E-state index in [1.807, 2.05) is 38.1 Å². The third-order valence-corrected chi connectivity index (χ3v) is 4.99. The van der Waals surface area contributed by atoms with Crippen molar-refractivity contribution in [3.8, 4) is 6.07 Å². The van der Waals surface area contributed by atoms with E-state index < -0.39 is 12.4 Å². The SMILES string of the molecule is Cc1nn(C)c(/C(OC(C)OC(=O)OC(C)C)=C(\C#N)c2ccc(C(C)(C)C)cc2)c1C. The molecule has 0 radical (unpaired) electrons. The maximum atomic E-state index is 11.9. The van der Waals surface area contributed by atoms with E-state index in [9.17, 15) is 10.1 Å². The number of ether oxygens (including phenoxy) is 3. The van der Waals surface area contributed by atoms with Gasteiger partial charge in [0.15, 0.2) is 5.76 Å². The highest BCUT2D eigenvalue weighted by Crippen LogP contribution is 2.32. The Bertz CT molecular complexity index is 1030. The van der Waals surface area contributed by atoms with E-state index in [4.69, 9.17) is 14.2 Å². The summed E-state index contributed by atoms with van der Waals surface area (Å²) >= 11 is 0. The van der Waals surface area contributed by atoms with Gasteiger partial charge in [-0.15, -0.1) is 0 Å². The van der Waals surface area contributed by atoms with Crippen LogP contribution in [0, 0.1) is 25.2 Å². The third kappa shape index (κ3) is 5.91. The predicted molar refractivity (Wildman–Crippen MR) is 124 cm³/mol. The second-order valence-electron chi connectivity index (χ2n) is 9.05. The highest BCUT2D eigenvalue weighted by Gasteiger charge is 2.25. The monoisotopic (exact) mass is 439 g/mol. The van der Waals surface area contributed by atoms with Gasteiger partial charge in [0.1, 0.15) is 17.3 Å². The van der Waals surface area contributed by atoms with Crippen molar-refractivity contribution in [1.29, 1.82) is 5.26 Å². The van der Waals surface area contributed by atoms with Crippen molar-refractivity contribution in [2.24, 2.45) is 7.05 Å². The number of rotatable bonds is 6. The first-order valence-electron chi connectivity index (χ1n) is 10.6. The smallest absolute Gasteiger partial charge is 0.451 e. The van der Waals surface area contributed by atoms with Gasteiger partial charge in [-0.25, -0.2) is 4.79 Å². The minimum atomic E-state index is -0.983. The number of hydrogen-bond acceptors (Lipinski definition) is 6. The van der Waals surface area contributed by atoms with E-state index in [0.29, 0.717) is 22.6 Å². The first-order chi connectivity index (χ1) is 14.8. The molecule has 7 nitrogen and oxygen atoms in total. The van der Waals surface area contributed by atoms with Gasteiger partial charge < -0.3 is 14.2 Å². The van der Waals surface area contributed by atoms with Crippen LogP contribution in [0.2, 0.25) is 0 Å². The fourth-order valence-electron chi connectivity index (χ4n) is 3.24. The summed E-state index contributed by atoms with van der Waals surface area (Å²) in [5.74, 6) is 0.293. The molecule has 0 spiro atoms. The molecule has 32 heavy (non-hydrogen) atoms. The summed E-state index contributed by atoms with van der Waals surface area (Å²) in [6.07, 6.45) is -2.14. The van der Waals surface area contributed by atoms with Crippen LogP contribution in [-0.2, 0) is 26.7 Å². The Morgan fingerprint density at radius 1 is 1.06 bits per heavy atom. The number of nitrogens with zero attached hydrogens (tertiary/aromatic N) is 3. The lowest BCUT2D eigenvalue weighted by atomic mass is 9.86. The Hall–Kier alpha value is -3.27. The molecule has 1 atom stereocenters. The first-order valence-corrected chi connectivity index (χ1v) is 10.6. The summed E-state index contributed by atoms with van der Waals surface area (Å²) in [5, 5.41) is 14.5. The standard InChI is InChI=1S/C25H33N3O4/c1-15(2)30-24(29)32-18(5)31-23(22-16(3)17(4)27-28(22)9)21(14-26)19-10-12-20(13-11-19)25(6,7)8/h10-13,15,18H,1-9H3/b23-21-. The molecule has 2 rings (SSSR count). The van der Waals surface area contributed by atoms with Gasteiger partial charge in [0.05, 0.1) is 11.8 Å². The number of benzene rings is 1. The van der Waals surface area contributed by atoms with Crippen molar-refractivity contribution in [3.05, 3.63) is 52.3 Å². The largest absolute Gasteiger partial charge is 0.511 e. The van der Waals surface area contributed by atoms with Crippen LogP contribution in [0.15, 0.2) is 24.3 Å². The average Bonchev–Trinajstić information content (AvgIpc) is 2.92. The van der Waals surface area contributed by atoms with Gasteiger partial charge in [0.25, 0.3) is 0 Å². The molecule has 0 aliphatic rings. The summed E-state index contributed by atoms with van der Waals surface area (Å²) < 4.78 is 18.0. The van der Waals surface area contributed by atoms with Crippen LogP contribution in [0.4, 0.5) is 4.79 Å². The molecule has 0 aliphatic heterocycles. The van der Waals surface area contributed by atoms with Crippen LogP contribution >= 0.6 is 0 Å². The average molecular weight is 440 g/mol. The van der Waals surface area contributed by atoms with Gasteiger partial charge in [-0.3, -0.25) is 4.68 Å². The number of hydrogen-bond donors (Lipinski definition) is 0. The normalized spacial score (nSPS) is 13.3. The van der Waals surface area contributed by atoms with E-state index in [-0.39, 0.29) is 11.5 Å². The summed E-state index contributed by atoms with van der Waals surface area (Å²) in [6.45, 7) is 15.2. The van der Waals surface area contributed by atoms with Crippen LogP contribution < -0.4 is 0 Å². The maximum Gasteiger partial charge on any atom is 0.511 e. The lowest BCUT2D eigenvalue weighted by molar-refractivity contribution is -0.0735. The number of nitriles is 1. The predicted octanol–water partition coefficient (Wildman–Crippen LogP) is 5.65. The molecule has 0 amide bonds. The quantitative estimate of drug-likeness (QED) is 0.250. The molecular weight excluding hydrogens is 406 g/mol. The Balaban J connectivity index is 2.56. The summed E-state index contributed by atoms with van der Waals surface area (Å²) in [5.41, 5.74) is 4.50. The van der Waals surface area contributed by atoms with Crippen molar-refractivity contribution in [3.63, 3.8) is 0 Å². The van der Waals surface area contributed by atoms with Crippen molar-refractivity contribution < 1.29 is 19.0 Å². The minimum Gasteiger partial charge on any atom is -0.451 e. The zero-order valence-corrected chi connectivity index (χ0v) is 20.4. The molecule has 7 heteroatoms. The second-order valence-corrected chi connectivity index (χ2v) is 9.05. The molecular formula is C25H33N3O4. The molecule has 172 valence electrons. The first kappa shape index (κ1) is 25.0. The lowest BCUT2D eigenvalue weighted by Crippen LogP contribution is -2.22. The highest BCUT2D eigenvalue weighted by atomic mass is 16.8. The molecule has 0 saturated heterocycles. The molecule has 1 aromatic carbocycles. The molecule has 0 bridgehead atoms. The number of carbonyl (C=O) groups excluding carboxylic acids is 1. The molecule has 1 unspecified atom stereocenters. The summed E-state index contributed by atoms with van der Waals surface area (Å²) in [6, 6.07) is 10.1. The van der Waals surface area contributed by atoms with E-state index in [1.165, 1.54) is 0 Å². The second kappa shape index (κ2) is 9.90. The van der Waals surface area contributed by atoms with Crippen molar-refractivity contribution in [2.45, 2.75) is 73.2 Å². The molecule has 1 heterocycles. The zero-order chi connectivity index (χ0) is 24.2. The van der Waals surface area contributed by atoms with Gasteiger partial charge in [-0.05, 0) is 44.2 Å². The summed E-state index contributed by atoms with van der Waals surface area (Å²) in [7, 11) is 1.79. The summed E-state index contributed by atoms with van der Waals surface area (Å²) in [4.78, 5) is 11.9. The highest BCUT2D eigenvalue weighted by molar-refractivity contribution is 5.94. The van der Waals surface area contributed by atoms with Crippen LogP contribution in [0.1, 0.15) is 69.6 Å². The molecule has 0 fully saturated rings. The third-order valence-electron chi connectivity index (χ3n) is 4.99. The fraction of sp³-hybridized carbons (Fsp3) is 0.480. The van der Waals surface area contributed by atoms with E-state index in [1.54, 1.807) is 32.5 Å². The van der Waals surface area contributed by atoms with Crippen molar-refractivity contribution >= 4 is 17.5 Å². The number of aromatic nitrogens is 2. The van der Waals surface area contributed by atoms with Gasteiger partial charge in [-0.1, -0.05) is 45.0 Å².